The fourth-order valence-corrected chi connectivity index (χ4v) is 1.83. The van der Waals surface area contributed by atoms with Crippen molar-refractivity contribution >= 4 is 11.6 Å². The second-order valence-electron chi connectivity index (χ2n) is 4.59. The highest BCUT2D eigenvalue weighted by atomic mass is 16.5. The van der Waals surface area contributed by atoms with Gasteiger partial charge in [0.05, 0.1) is 12.5 Å². The number of amides is 1. The van der Waals surface area contributed by atoms with Gasteiger partial charge in [0.15, 0.2) is 0 Å². The van der Waals surface area contributed by atoms with Crippen LogP contribution in [0.25, 0.3) is 0 Å². The van der Waals surface area contributed by atoms with Crippen LogP contribution in [0.1, 0.15) is 33.1 Å². The Bertz CT molecular complexity index is 393. The summed E-state index contributed by atoms with van der Waals surface area (Å²) in [5.74, 6) is 0.640. The monoisotopic (exact) mass is 264 g/mol. The fourth-order valence-electron chi connectivity index (χ4n) is 1.83. The molecule has 0 aliphatic carbocycles. The summed E-state index contributed by atoms with van der Waals surface area (Å²) in [6.45, 7) is 5.17. The molecule has 3 N–H and O–H groups in total. The maximum atomic E-state index is 12.0. The van der Waals surface area contributed by atoms with Gasteiger partial charge < -0.3 is 15.8 Å². The Labute approximate surface area is 115 Å². The van der Waals surface area contributed by atoms with Gasteiger partial charge in [0, 0.05) is 18.3 Å². The van der Waals surface area contributed by atoms with Crippen LogP contribution >= 0.6 is 0 Å². The first-order valence-corrected chi connectivity index (χ1v) is 6.95. The third kappa shape index (κ3) is 5.30. The van der Waals surface area contributed by atoms with Crippen molar-refractivity contribution in [3.8, 4) is 5.75 Å². The van der Waals surface area contributed by atoms with Gasteiger partial charge in [-0.3, -0.25) is 4.79 Å². The molecular formula is C15H24N2O2. The molecule has 0 fully saturated rings. The smallest absolute Gasteiger partial charge is 0.228 e. The lowest BCUT2D eigenvalue weighted by molar-refractivity contribution is -0.119. The van der Waals surface area contributed by atoms with E-state index in [1.165, 1.54) is 0 Å². The molecule has 0 aromatic heterocycles. The van der Waals surface area contributed by atoms with Gasteiger partial charge in [-0.2, -0.15) is 0 Å². The molecule has 0 spiro atoms. The molecule has 0 aliphatic rings. The van der Waals surface area contributed by atoms with Crippen LogP contribution in [0.2, 0.25) is 0 Å². The van der Waals surface area contributed by atoms with Crippen LogP contribution in [-0.2, 0) is 4.79 Å². The predicted molar refractivity (Wildman–Crippen MR) is 78.3 cm³/mol. The number of nitrogens with two attached hydrogens (primary N) is 1. The minimum absolute atomic E-state index is 0.0167. The van der Waals surface area contributed by atoms with Gasteiger partial charge in [-0.15, -0.1) is 0 Å². The zero-order chi connectivity index (χ0) is 14.1. The summed E-state index contributed by atoms with van der Waals surface area (Å²) < 4.78 is 5.54. The van der Waals surface area contributed by atoms with Crippen LogP contribution in [0.3, 0.4) is 0 Å². The van der Waals surface area contributed by atoms with E-state index in [1.807, 2.05) is 24.3 Å². The summed E-state index contributed by atoms with van der Waals surface area (Å²) in [6.07, 6.45) is 2.73. The van der Waals surface area contributed by atoms with Crippen molar-refractivity contribution in [1.29, 1.82) is 0 Å². The van der Waals surface area contributed by atoms with Crippen LogP contribution < -0.4 is 15.8 Å². The van der Waals surface area contributed by atoms with E-state index >= 15 is 0 Å². The van der Waals surface area contributed by atoms with Crippen molar-refractivity contribution in [1.82, 2.24) is 0 Å². The highest BCUT2D eigenvalue weighted by Crippen LogP contribution is 2.18. The molecule has 1 aromatic rings. The van der Waals surface area contributed by atoms with E-state index in [9.17, 15) is 4.79 Å². The lowest BCUT2D eigenvalue weighted by Crippen LogP contribution is -2.29. The average Bonchev–Trinajstić information content (AvgIpc) is 2.42. The van der Waals surface area contributed by atoms with Crippen molar-refractivity contribution in [2.45, 2.75) is 33.1 Å². The Morgan fingerprint density at radius 3 is 2.79 bits per heavy atom. The van der Waals surface area contributed by atoms with E-state index in [-0.39, 0.29) is 11.8 Å². The molecule has 4 heteroatoms. The first-order valence-electron chi connectivity index (χ1n) is 6.95. The Morgan fingerprint density at radius 1 is 1.37 bits per heavy atom. The largest absolute Gasteiger partial charge is 0.494 e. The zero-order valence-corrected chi connectivity index (χ0v) is 11.8. The summed E-state index contributed by atoms with van der Waals surface area (Å²) in [5.41, 5.74) is 6.38. The van der Waals surface area contributed by atoms with Crippen molar-refractivity contribution in [3.05, 3.63) is 24.3 Å². The number of anilines is 1. The molecule has 0 saturated heterocycles. The van der Waals surface area contributed by atoms with Gasteiger partial charge in [0.1, 0.15) is 5.75 Å². The number of ether oxygens (including phenoxy) is 1. The second kappa shape index (κ2) is 8.53. The molecule has 0 aliphatic heterocycles. The molecule has 1 amide bonds. The van der Waals surface area contributed by atoms with Crippen molar-refractivity contribution in [3.63, 3.8) is 0 Å². The number of carbonyl (C=O) groups is 1. The lowest BCUT2D eigenvalue weighted by atomic mass is 10.0. The van der Waals surface area contributed by atoms with Crippen LogP contribution in [0.4, 0.5) is 5.69 Å². The first kappa shape index (κ1) is 15.5. The maximum absolute atomic E-state index is 12.0. The highest BCUT2D eigenvalue weighted by molar-refractivity contribution is 5.92. The summed E-state index contributed by atoms with van der Waals surface area (Å²) in [5, 5.41) is 2.90. The van der Waals surface area contributed by atoms with E-state index in [1.54, 1.807) is 0 Å². The molecule has 106 valence electrons. The predicted octanol–water partition coefficient (Wildman–Crippen LogP) is 2.79. The molecule has 19 heavy (non-hydrogen) atoms. The number of rotatable bonds is 8. The molecule has 1 atom stereocenters. The van der Waals surface area contributed by atoms with Gasteiger partial charge in [-0.05, 0) is 25.0 Å². The number of benzene rings is 1. The minimum atomic E-state index is -0.120. The number of carbonyl (C=O) groups excluding carboxylic acids is 1. The molecule has 0 saturated carbocycles. The summed E-state index contributed by atoms with van der Waals surface area (Å²) in [4.78, 5) is 12.0. The molecule has 1 aromatic carbocycles. The van der Waals surface area contributed by atoms with Gasteiger partial charge in [0.25, 0.3) is 0 Å². The molecule has 0 radical (unpaired) electrons. The molecule has 1 unspecified atom stereocenters. The Kier molecular flexibility index (Phi) is 6.97. The number of hydrogen-bond donors (Lipinski definition) is 2. The van der Waals surface area contributed by atoms with Crippen molar-refractivity contribution < 1.29 is 9.53 Å². The normalized spacial score (nSPS) is 11.9. The van der Waals surface area contributed by atoms with Crippen LogP contribution in [0.15, 0.2) is 24.3 Å². The second-order valence-corrected chi connectivity index (χ2v) is 4.59. The Balaban J connectivity index is 2.62. The summed E-state index contributed by atoms with van der Waals surface area (Å²) in [7, 11) is 0. The van der Waals surface area contributed by atoms with E-state index in [0.717, 1.165) is 30.7 Å². The van der Waals surface area contributed by atoms with Crippen LogP contribution in [-0.4, -0.2) is 19.1 Å². The molecular weight excluding hydrogens is 240 g/mol. The Hall–Kier alpha value is -1.55. The topological polar surface area (TPSA) is 64.3 Å². The van der Waals surface area contributed by atoms with E-state index in [4.69, 9.17) is 10.5 Å². The summed E-state index contributed by atoms with van der Waals surface area (Å²) in [6, 6.07) is 7.46. The van der Waals surface area contributed by atoms with E-state index < -0.39 is 0 Å². The van der Waals surface area contributed by atoms with Gasteiger partial charge in [0.2, 0.25) is 5.91 Å². The van der Waals surface area contributed by atoms with Crippen molar-refractivity contribution in [2.75, 3.05) is 18.5 Å². The average molecular weight is 264 g/mol. The highest BCUT2D eigenvalue weighted by Gasteiger charge is 2.15. The Morgan fingerprint density at radius 2 is 2.16 bits per heavy atom. The lowest BCUT2D eigenvalue weighted by Gasteiger charge is -2.14. The van der Waals surface area contributed by atoms with Gasteiger partial charge in [-0.25, -0.2) is 0 Å². The van der Waals surface area contributed by atoms with Gasteiger partial charge >= 0.3 is 0 Å². The minimum Gasteiger partial charge on any atom is -0.494 e. The summed E-state index contributed by atoms with van der Waals surface area (Å²) >= 11 is 0. The third-order valence-electron chi connectivity index (χ3n) is 2.87. The first-order chi connectivity index (χ1) is 9.21. The molecule has 1 rings (SSSR count). The molecule has 0 bridgehead atoms. The molecule has 0 heterocycles. The van der Waals surface area contributed by atoms with E-state index in [0.29, 0.717) is 13.2 Å². The maximum Gasteiger partial charge on any atom is 0.228 e. The third-order valence-corrected chi connectivity index (χ3v) is 2.87. The van der Waals surface area contributed by atoms with Crippen molar-refractivity contribution in [2.24, 2.45) is 11.7 Å². The number of nitrogens with one attached hydrogen (secondary N) is 1. The van der Waals surface area contributed by atoms with Crippen LogP contribution in [0.5, 0.6) is 5.75 Å². The SMILES string of the molecule is CCCOc1cccc(NC(=O)C(CN)CCC)c1. The standard InChI is InChI=1S/C15H24N2O2/c1-3-6-12(11-16)15(18)17-13-7-5-8-14(10-13)19-9-4-2/h5,7-8,10,12H,3-4,6,9,11,16H2,1-2H3,(H,17,18). The van der Waals surface area contributed by atoms with Gasteiger partial charge in [-0.1, -0.05) is 26.3 Å². The molecule has 4 nitrogen and oxygen atoms in total. The zero-order valence-electron chi connectivity index (χ0n) is 11.8. The number of hydrogen-bond acceptors (Lipinski definition) is 3. The quantitative estimate of drug-likeness (QED) is 0.759. The fraction of sp³-hybridized carbons (Fsp3) is 0.533. The van der Waals surface area contributed by atoms with Crippen LogP contribution in [0, 0.1) is 5.92 Å². The van der Waals surface area contributed by atoms with E-state index in [2.05, 4.69) is 19.2 Å².